The zero-order valence-corrected chi connectivity index (χ0v) is 12.8. The van der Waals surface area contributed by atoms with E-state index < -0.39 is 5.97 Å². The molecule has 6 heteroatoms. The second-order valence-electron chi connectivity index (χ2n) is 4.00. The SMILES string of the molecule is Cc1cc(C#N)cc(Sc2ccc(Br)c(C(=O)O)c2)n1. The molecule has 0 saturated heterocycles. The van der Waals surface area contributed by atoms with Gasteiger partial charge in [-0.1, -0.05) is 11.8 Å². The molecular weight excluding hydrogens is 340 g/mol. The van der Waals surface area contributed by atoms with Crippen LogP contribution in [0.5, 0.6) is 0 Å². The van der Waals surface area contributed by atoms with Crippen molar-refractivity contribution in [2.24, 2.45) is 0 Å². The molecule has 0 atom stereocenters. The Labute approximate surface area is 128 Å². The number of hydrogen-bond acceptors (Lipinski definition) is 4. The van der Waals surface area contributed by atoms with E-state index in [0.29, 0.717) is 15.1 Å². The van der Waals surface area contributed by atoms with Gasteiger partial charge in [-0.05, 0) is 53.2 Å². The first-order chi connectivity index (χ1) is 9.49. The predicted molar refractivity (Wildman–Crippen MR) is 78.9 cm³/mol. The molecule has 4 nitrogen and oxygen atoms in total. The van der Waals surface area contributed by atoms with Crippen molar-refractivity contribution in [3.63, 3.8) is 0 Å². The fraction of sp³-hybridized carbons (Fsp3) is 0.0714. The van der Waals surface area contributed by atoms with E-state index in [1.165, 1.54) is 11.8 Å². The number of carbonyl (C=O) groups is 1. The van der Waals surface area contributed by atoms with Crippen LogP contribution in [0.2, 0.25) is 0 Å². The van der Waals surface area contributed by atoms with Crippen LogP contribution in [0.4, 0.5) is 0 Å². The minimum Gasteiger partial charge on any atom is -0.478 e. The molecule has 0 unspecified atom stereocenters. The van der Waals surface area contributed by atoms with Gasteiger partial charge in [-0.2, -0.15) is 5.26 Å². The van der Waals surface area contributed by atoms with E-state index in [-0.39, 0.29) is 5.56 Å². The van der Waals surface area contributed by atoms with Gasteiger partial charge in [-0.25, -0.2) is 9.78 Å². The third kappa shape index (κ3) is 3.38. The van der Waals surface area contributed by atoms with Crippen LogP contribution < -0.4 is 0 Å². The van der Waals surface area contributed by atoms with Crippen molar-refractivity contribution in [1.29, 1.82) is 5.26 Å². The summed E-state index contributed by atoms with van der Waals surface area (Å²) in [5.74, 6) is -0.991. The van der Waals surface area contributed by atoms with Gasteiger partial charge in [-0.15, -0.1) is 0 Å². The summed E-state index contributed by atoms with van der Waals surface area (Å²) in [7, 11) is 0. The van der Waals surface area contributed by atoms with Crippen molar-refractivity contribution in [1.82, 2.24) is 4.98 Å². The highest BCUT2D eigenvalue weighted by Crippen LogP contribution is 2.30. The highest BCUT2D eigenvalue weighted by atomic mass is 79.9. The number of aromatic nitrogens is 1. The van der Waals surface area contributed by atoms with Crippen LogP contribution in [-0.4, -0.2) is 16.1 Å². The van der Waals surface area contributed by atoms with Gasteiger partial charge in [0, 0.05) is 15.1 Å². The Morgan fingerprint density at radius 2 is 2.15 bits per heavy atom. The molecule has 0 fully saturated rings. The van der Waals surface area contributed by atoms with Crippen LogP contribution in [0.3, 0.4) is 0 Å². The minimum atomic E-state index is -0.991. The quantitative estimate of drug-likeness (QED) is 0.910. The number of benzene rings is 1. The normalized spacial score (nSPS) is 10.1. The molecule has 1 heterocycles. The second kappa shape index (κ2) is 6.07. The number of carboxylic acid groups (broad SMARTS) is 1. The lowest BCUT2D eigenvalue weighted by molar-refractivity contribution is 0.0695. The van der Waals surface area contributed by atoms with Gasteiger partial charge in [0.15, 0.2) is 0 Å². The molecule has 0 spiro atoms. The van der Waals surface area contributed by atoms with E-state index >= 15 is 0 Å². The maximum atomic E-state index is 11.1. The van der Waals surface area contributed by atoms with Gasteiger partial charge < -0.3 is 5.11 Å². The van der Waals surface area contributed by atoms with Crippen LogP contribution in [-0.2, 0) is 0 Å². The number of aryl methyl sites for hydroxylation is 1. The van der Waals surface area contributed by atoms with Gasteiger partial charge in [0.2, 0.25) is 0 Å². The summed E-state index contributed by atoms with van der Waals surface area (Å²) in [6.45, 7) is 1.81. The van der Waals surface area contributed by atoms with E-state index in [0.717, 1.165) is 10.6 Å². The zero-order chi connectivity index (χ0) is 14.7. The van der Waals surface area contributed by atoms with Crippen molar-refractivity contribution in [2.75, 3.05) is 0 Å². The summed E-state index contributed by atoms with van der Waals surface area (Å²) in [5.41, 5.74) is 1.49. The molecule has 1 aromatic carbocycles. The summed E-state index contributed by atoms with van der Waals surface area (Å²) < 4.78 is 0.532. The molecule has 0 saturated carbocycles. The molecule has 2 aromatic rings. The van der Waals surface area contributed by atoms with E-state index in [1.54, 1.807) is 30.3 Å². The highest BCUT2D eigenvalue weighted by molar-refractivity contribution is 9.10. The van der Waals surface area contributed by atoms with E-state index in [2.05, 4.69) is 27.0 Å². The highest BCUT2D eigenvalue weighted by Gasteiger charge is 2.10. The first-order valence-electron chi connectivity index (χ1n) is 5.59. The predicted octanol–water partition coefficient (Wildman–Crippen LogP) is 3.87. The number of nitrogens with zero attached hydrogens (tertiary/aromatic N) is 2. The molecule has 0 radical (unpaired) electrons. The molecule has 0 aliphatic heterocycles. The minimum absolute atomic E-state index is 0.197. The summed E-state index contributed by atoms with van der Waals surface area (Å²) in [4.78, 5) is 16.2. The standard InChI is InChI=1S/C14H9BrN2O2S/c1-8-4-9(7-16)5-13(17-8)20-10-2-3-12(15)11(6-10)14(18)19/h2-6H,1H3,(H,18,19). The van der Waals surface area contributed by atoms with Gasteiger partial charge in [0.05, 0.1) is 17.2 Å². The third-order valence-corrected chi connectivity index (χ3v) is 4.05. The maximum Gasteiger partial charge on any atom is 0.336 e. The Morgan fingerprint density at radius 3 is 2.80 bits per heavy atom. The molecule has 0 amide bonds. The molecule has 100 valence electrons. The van der Waals surface area contributed by atoms with E-state index in [4.69, 9.17) is 10.4 Å². The zero-order valence-electron chi connectivity index (χ0n) is 10.4. The van der Waals surface area contributed by atoms with Crippen molar-refractivity contribution in [3.05, 3.63) is 51.6 Å². The van der Waals surface area contributed by atoms with Gasteiger partial charge >= 0.3 is 5.97 Å². The van der Waals surface area contributed by atoms with Crippen LogP contribution in [0.25, 0.3) is 0 Å². The molecule has 20 heavy (non-hydrogen) atoms. The second-order valence-corrected chi connectivity index (χ2v) is 5.94. The topological polar surface area (TPSA) is 74.0 Å². The lowest BCUT2D eigenvalue weighted by Crippen LogP contribution is -1.97. The molecule has 1 aromatic heterocycles. The Balaban J connectivity index is 2.35. The molecule has 0 bridgehead atoms. The third-order valence-electron chi connectivity index (χ3n) is 2.45. The number of nitriles is 1. The van der Waals surface area contributed by atoms with E-state index in [9.17, 15) is 4.79 Å². The van der Waals surface area contributed by atoms with Crippen molar-refractivity contribution < 1.29 is 9.90 Å². The Hall–Kier alpha value is -1.84. The number of pyridine rings is 1. The van der Waals surface area contributed by atoms with Crippen LogP contribution in [0.15, 0.2) is 44.7 Å². The van der Waals surface area contributed by atoms with Crippen LogP contribution >= 0.6 is 27.7 Å². The summed E-state index contributed by atoms with van der Waals surface area (Å²) in [6, 6.07) is 10.5. The maximum absolute atomic E-state index is 11.1. The Kier molecular flexibility index (Phi) is 4.42. The number of hydrogen-bond donors (Lipinski definition) is 1. The summed E-state index contributed by atoms with van der Waals surface area (Å²) >= 11 is 4.53. The molecule has 2 rings (SSSR count). The van der Waals surface area contributed by atoms with Gasteiger partial charge in [0.25, 0.3) is 0 Å². The Morgan fingerprint density at radius 1 is 1.40 bits per heavy atom. The first kappa shape index (κ1) is 14.6. The number of halogens is 1. The molecular formula is C14H9BrN2O2S. The monoisotopic (exact) mass is 348 g/mol. The molecule has 0 aliphatic rings. The van der Waals surface area contributed by atoms with Crippen molar-refractivity contribution >= 4 is 33.7 Å². The average molecular weight is 349 g/mol. The fourth-order valence-corrected chi connectivity index (χ4v) is 2.95. The lowest BCUT2D eigenvalue weighted by Gasteiger charge is -2.05. The van der Waals surface area contributed by atoms with Crippen molar-refractivity contribution in [2.45, 2.75) is 16.8 Å². The molecule has 0 aliphatic carbocycles. The summed E-state index contributed by atoms with van der Waals surface area (Å²) in [6.07, 6.45) is 0. The Bertz CT molecular complexity index is 726. The smallest absolute Gasteiger partial charge is 0.336 e. The van der Waals surface area contributed by atoms with Gasteiger partial charge in [0.1, 0.15) is 5.03 Å². The summed E-state index contributed by atoms with van der Waals surface area (Å²) in [5, 5.41) is 18.7. The fourth-order valence-electron chi connectivity index (χ4n) is 1.61. The largest absolute Gasteiger partial charge is 0.478 e. The number of aromatic carboxylic acids is 1. The number of carboxylic acids is 1. The van der Waals surface area contributed by atoms with E-state index in [1.807, 2.05) is 6.92 Å². The molecule has 1 N–H and O–H groups in total. The van der Waals surface area contributed by atoms with Crippen LogP contribution in [0, 0.1) is 18.3 Å². The average Bonchev–Trinajstić information content (AvgIpc) is 2.40. The number of rotatable bonds is 3. The van der Waals surface area contributed by atoms with Gasteiger partial charge in [-0.3, -0.25) is 0 Å². The first-order valence-corrected chi connectivity index (χ1v) is 7.20. The van der Waals surface area contributed by atoms with Crippen molar-refractivity contribution in [3.8, 4) is 6.07 Å². The lowest BCUT2D eigenvalue weighted by atomic mass is 10.2. The van der Waals surface area contributed by atoms with Crippen LogP contribution in [0.1, 0.15) is 21.6 Å².